The summed E-state index contributed by atoms with van der Waals surface area (Å²) >= 11 is 13.5. The largest absolute Gasteiger partial charge is 0.139 e. The Morgan fingerprint density at radius 2 is 0.618 bits per heavy atom. The lowest BCUT2D eigenvalue weighted by Crippen LogP contribution is -2.63. The van der Waals surface area contributed by atoms with Gasteiger partial charge in [-0.1, -0.05) is 112 Å². The van der Waals surface area contributed by atoms with E-state index in [4.69, 9.17) is 0 Å². The normalized spacial score (nSPS) is 31.1. The van der Waals surface area contributed by atoms with Crippen LogP contribution in [0.1, 0.15) is 33.4 Å². The van der Waals surface area contributed by atoms with Crippen LogP contribution in [0.4, 0.5) is 0 Å². The van der Waals surface area contributed by atoms with Gasteiger partial charge in [-0.05, 0) is 39.3 Å². The third-order valence-corrected chi connectivity index (χ3v) is 23.2. The lowest BCUT2D eigenvalue weighted by atomic mass is 9.83. The van der Waals surface area contributed by atoms with Gasteiger partial charge in [-0.15, -0.1) is 45.9 Å². The molecule has 0 unspecified atom stereocenters. The molecule has 0 saturated carbocycles. The van der Waals surface area contributed by atoms with E-state index < -0.39 is 20.1 Å². The van der Waals surface area contributed by atoms with Crippen LogP contribution in [0.15, 0.2) is 72.8 Å². The van der Waals surface area contributed by atoms with Gasteiger partial charge in [-0.25, -0.2) is 0 Å². The number of fused-ring (bicyclic) bond motifs is 9. The molecule has 0 nitrogen and oxygen atoms in total. The molecular formula is C28H31Br3Si3. The van der Waals surface area contributed by atoms with Crippen molar-refractivity contribution < 1.29 is 0 Å². The van der Waals surface area contributed by atoms with E-state index in [-0.39, 0.29) is 15.1 Å². The summed E-state index contributed by atoms with van der Waals surface area (Å²) in [4.78, 5) is 0. The number of halogens is 3. The molecule has 6 rings (SSSR count). The molecule has 3 aromatic rings. The maximum Gasteiger partial charge on any atom is 0.139 e. The second kappa shape index (κ2) is 6.99. The van der Waals surface area contributed by atoms with E-state index in [2.05, 4.69) is 158 Å². The smallest absolute Gasteiger partial charge is 0.125 e. The van der Waals surface area contributed by atoms with E-state index in [1.54, 1.807) is 33.4 Å². The van der Waals surface area contributed by atoms with Crippen molar-refractivity contribution in [1.82, 2.24) is 0 Å². The molecule has 0 bridgehead atoms. The van der Waals surface area contributed by atoms with Gasteiger partial charge in [0.25, 0.3) is 0 Å². The summed E-state index contributed by atoms with van der Waals surface area (Å²) in [6.45, 7) is 9.35. The summed E-state index contributed by atoms with van der Waals surface area (Å²) in [7, 11) is 0. The highest BCUT2D eigenvalue weighted by molar-refractivity contribution is 9.26. The minimum atomic E-state index is -2.00. The first-order valence-corrected chi connectivity index (χ1v) is 27.9. The van der Waals surface area contributed by atoms with Crippen LogP contribution in [0, 0.1) is 5.92 Å². The Labute approximate surface area is 230 Å². The van der Waals surface area contributed by atoms with Crippen LogP contribution in [0.2, 0.25) is 39.3 Å². The molecule has 3 aliphatic carbocycles. The summed E-state index contributed by atoms with van der Waals surface area (Å²) in [5, 5.41) is -0.0140. The minimum absolute atomic E-state index is 0.00468. The lowest BCUT2D eigenvalue weighted by Gasteiger charge is -2.52. The molecule has 0 fully saturated rings. The maximum atomic E-state index is 4.49. The summed E-state index contributed by atoms with van der Waals surface area (Å²) in [6.07, 6.45) is 0. The Morgan fingerprint density at radius 1 is 0.441 bits per heavy atom. The molecule has 0 amide bonds. The first-order chi connectivity index (χ1) is 15.8. The predicted octanol–water partition coefficient (Wildman–Crippen LogP) is 8.92. The molecule has 0 atom stereocenters. The zero-order chi connectivity index (χ0) is 24.5. The summed E-state index contributed by atoms with van der Waals surface area (Å²) in [5.41, 5.74) is 9.52. The van der Waals surface area contributed by atoms with Gasteiger partial charge in [-0.3, -0.25) is 0 Å². The Hall–Kier alpha value is -0.249. The standard InChI is InChI=1S/C28H31Br3Si3/c1-32(2,29)26-19-13-7-9-15-21(19)27(33(3,4)30)23-17-11-12-18-24(23)28(25(26)27,34(5,6)31)22-16-10-8-14-20(22)26/h7-18,25H,1-6H3. The molecule has 3 aromatic carbocycles. The molecule has 0 saturated heterocycles. The third-order valence-electron chi connectivity index (χ3n) is 9.44. The molecule has 0 spiro atoms. The van der Waals surface area contributed by atoms with Crippen molar-refractivity contribution in [1.29, 1.82) is 0 Å². The van der Waals surface area contributed by atoms with Crippen molar-refractivity contribution in [3.8, 4) is 0 Å². The number of rotatable bonds is 3. The monoisotopic (exact) mass is 688 g/mol. The average molecular weight is 692 g/mol. The average Bonchev–Trinajstić information content (AvgIpc) is 3.30. The number of benzene rings is 3. The lowest BCUT2D eigenvalue weighted by molar-refractivity contribution is 0.365. The Kier molecular flexibility index (Phi) is 4.95. The molecule has 3 aliphatic rings. The van der Waals surface area contributed by atoms with Crippen molar-refractivity contribution in [3.63, 3.8) is 0 Å². The molecule has 176 valence electrons. The van der Waals surface area contributed by atoms with Crippen LogP contribution < -0.4 is 0 Å². The summed E-state index contributed by atoms with van der Waals surface area (Å²) in [6, 6.07) is 28.6. The Morgan fingerprint density at radius 3 is 0.765 bits per heavy atom. The zero-order valence-electron chi connectivity index (χ0n) is 20.6. The van der Waals surface area contributed by atoms with Crippen LogP contribution >= 0.6 is 45.9 Å². The van der Waals surface area contributed by atoms with Crippen molar-refractivity contribution in [2.24, 2.45) is 5.92 Å². The van der Waals surface area contributed by atoms with Gasteiger partial charge in [0.2, 0.25) is 0 Å². The molecule has 0 N–H and O–H groups in total. The fourth-order valence-corrected chi connectivity index (χ4v) is 23.7. The van der Waals surface area contributed by atoms with Gasteiger partial charge in [-0.2, -0.15) is 0 Å². The number of hydrogen-bond donors (Lipinski definition) is 0. The molecule has 0 heterocycles. The highest BCUT2D eigenvalue weighted by atomic mass is 79.9. The Bertz CT molecular complexity index is 1110. The van der Waals surface area contributed by atoms with Gasteiger partial charge >= 0.3 is 0 Å². The third kappa shape index (κ3) is 2.32. The van der Waals surface area contributed by atoms with Gasteiger partial charge in [0.1, 0.15) is 20.1 Å². The van der Waals surface area contributed by atoms with E-state index in [1.807, 2.05) is 0 Å². The Balaban J connectivity index is 1.99. The van der Waals surface area contributed by atoms with E-state index >= 15 is 0 Å². The second-order valence-corrected chi connectivity index (χ2v) is 41.0. The fraction of sp³-hybridized carbons (Fsp3) is 0.357. The number of hydrogen-bond acceptors (Lipinski definition) is 0. The molecule has 34 heavy (non-hydrogen) atoms. The van der Waals surface area contributed by atoms with Crippen molar-refractivity contribution in [3.05, 3.63) is 106 Å². The highest BCUT2D eigenvalue weighted by Crippen LogP contribution is 2.81. The first kappa shape index (κ1) is 24.1. The van der Waals surface area contributed by atoms with Gasteiger partial charge in [0, 0.05) is 15.1 Å². The quantitative estimate of drug-likeness (QED) is 0.190. The molecule has 0 radical (unpaired) electrons. The molecule has 0 aliphatic heterocycles. The first-order valence-electron chi connectivity index (χ1n) is 12.2. The van der Waals surface area contributed by atoms with Crippen LogP contribution in [0.25, 0.3) is 0 Å². The molecule has 6 heteroatoms. The molecule has 0 aromatic heterocycles. The maximum absolute atomic E-state index is 4.49. The minimum Gasteiger partial charge on any atom is -0.125 e. The highest BCUT2D eigenvalue weighted by Gasteiger charge is 2.84. The predicted molar refractivity (Wildman–Crippen MR) is 164 cm³/mol. The van der Waals surface area contributed by atoms with Crippen LogP contribution in [-0.2, 0) is 15.1 Å². The van der Waals surface area contributed by atoms with Gasteiger partial charge in [0.05, 0.1) is 0 Å². The van der Waals surface area contributed by atoms with E-state index in [0.29, 0.717) is 5.92 Å². The van der Waals surface area contributed by atoms with Gasteiger partial charge < -0.3 is 0 Å². The van der Waals surface area contributed by atoms with Gasteiger partial charge in [0.15, 0.2) is 0 Å². The van der Waals surface area contributed by atoms with E-state index in [1.165, 1.54) is 0 Å². The van der Waals surface area contributed by atoms with Crippen molar-refractivity contribution >= 4 is 66.0 Å². The zero-order valence-corrected chi connectivity index (χ0v) is 28.4. The van der Waals surface area contributed by atoms with Crippen LogP contribution in [0.5, 0.6) is 0 Å². The SMILES string of the molecule is C[Si](C)(Br)C12c3ccccc3C3([Si](C)(C)Br)c4ccccc4C([Si](C)(C)Br)(c4ccccc41)C23. The van der Waals surface area contributed by atoms with Crippen LogP contribution in [0.3, 0.4) is 0 Å². The fourth-order valence-electron chi connectivity index (χ4n) is 8.81. The van der Waals surface area contributed by atoms with E-state index in [9.17, 15) is 0 Å². The summed E-state index contributed by atoms with van der Waals surface area (Å²) < 4.78 is 0. The van der Waals surface area contributed by atoms with Crippen molar-refractivity contribution in [2.75, 3.05) is 0 Å². The van der Waals surface area contributed by atoms with Crippen LogP contribution in [-0.4, -0.2) is 20.1 Å². The topological polar surface area (TPSA) is 0 Å². The van der Waals surface area contributed by atoms with E-state index in [0.717, 1.165) is 0 Å². The second-order valence-electron chi connectivity index (χ2n) is 11.9. The van der Waals surface area contributed by atoms with Crippen molar-refractivity contribution in [2.45, 2.75) is 54.4 Å². The molecular weight excluding hydrogens is 660 g/mol. The summed E-state index contributed by atoms with van der Waals surface area (Å²) in [5.74, 6) is 0.461.